The fourth-order valence-electron chi connectivity index (χ4n) is 3.80. The molecular weight excluding hydrogens is 236 g/mol. The van der Waals surface area contributed by atoms with Crippen molar-refractivity contribution >= 4 is 0 Å². The quantitative estimate of drug-likeness (QED) is 0.801. The molecule has 112 valence electrons. The predicted octanol–water partition coefficient (Wildman–Crippen LogP) is 2.65. The van der Waals surface area contributed by atoms with E-state index in [0.717, 1.165) is 25.0 Å². The lowest BCUT2D eigenvalue weighted by atomic mass is 9.98. The van der Waals surface area contributed by atoms with E-state index in [1.54, 1.807) is 0 Å². The summed E-state index contributed by atoms with van der Waals surface area (Å²) >= 11 is 0. The molecule has 2 rings (SSSR count). The molecule has 1 saturated carbocycles. The third kappa shape index (κ3) is 4.73. The number of nitrogens with zero attached hydrogens (tertiary/aromatic N) is 1. The van der Waals surface area contributed by atoms with Crippen LogP contribution in [0.2, 0.25) is 0 Å². The Morgan fingerprint density at radius 1 is 1.16 bits per heavy atom. The fourth-order valence-corrected chi connectivity index (χ4v) is 3.80. The number of hydrogen-bond acceptors (Lipinski definition) is 3. The third-order valence-electron chi connectivity index (χ3n) is 4.63. The van der Waals surface area contributed by atoms with Gasteiger partial charge in [-0.15, -0.1) is 0 Å². The van der Waals surface area contributed by atoms with Crippen LogP contribution in [-0.4, -0.2) is 49.3 Å². The molecule has 0 aromatic rings. The smallest absolute Gasteiger partial charge is 0.0678 e. The van der Waals surface area contributed by atoms with Crippen molar-refractivity contribution in [3.63, 3.8) is 0 Å². The van der Waals surface area contributed by atoms with Crippen LogP contribution in [0.3, 0.4) is 0 Å². The molecule has 4 atom stereocenters. The Labute approximate surface area is 119 Å². The van der Waals surface area contributed by atoms with Gasteiger partial charge in [-0.1, -0.05) is 13.3 Å². The van der Waals surface area contributed by atoms with Gasteiger partial charge in [-0.05, 0) is 58.5 Å². The molecule has 19 heavy (non-hydrogen) atoms. The van der Waals surface area contributed by atoms with Gasteiger partial charge in [0, 0.05) is 19.1 Å². The Bertz CT molecular complexity index is 249. The summed E-state index contributed by atoms with van der Waals surface area (Å²) < 4.78 is 5.81. The van der Waals surface area contributed by atoms with E-state index < -0.39 is 0 Å². The molecule has 1 aliphatic carbocycles. The van der Waals surface area contributed by atoms with Gasteiger partial charge in [-0.25, -0.2) is 0 Å². The highest BCUT2D eigenvalue weighted by molar-refractivity contribution is 4.84. The van der Waals surface area contributed by atoms with Crippen molar-refractivity contribution in [1.82, 2.24) is 10.2 Å². The zero-order valence-corrected chi connectivity index (χ0v) is 13.0. The monoisotopic (exact) mass is 268 g/mol. The molecule has 0 aromatic carbocycles. The van der Waals surface area contributed by atoms with Gasteiger partial charge >= 0.3 is 0 Å². The van der Waals surface area contributed by atoms with Crippen LogP contribution in [0.5, 0.6) is 0 Å². The molecule has 2 fully saturated rings. The Hall–Kier alpha value is -0.120. The highest BCUT2D eigenvalue weighted by Gasteiger charge is 2.28. The highest BCUT2D eigenvalue weighted by Crippen LogP contribution is 2.29. The minimum absolute atomic E-state index is 0.404. The van der Waals surface area contributed by atoms with Crippen LogP contribution in [0.15, 0.2) is 0 Å². The molecule has 3 heteroatoms. The molecule has 4 unspecified atom stereocenters. The Morgan fingerprint density at radius 2 is 1.89 bits per heavy atom. The van der Waals surface area contributed by atoms with Crippen LogP contribution in [-0.2, 0) is 4.74 Å². The standard InChI is InChI=1S/C16H32N2O/c1-4-9-17-16-7-5-6-15(16)8-10-18-11-13(2)19-14(3)12-18/h13-17H,4-12H2,1-3H3. The minimum atomic E-state index is 0.404. The fraction of sp³-hybridized carbons (Fsp3) is 1.00. The van der Waals surface area contributed by atoms with Gasteiger partial charge < -0.3 is 10.1 Å². The van der Waals surface area contributed by atoms with Gasteiger partial charge in [0.1, 0.15) is 0 Å². The van der Waals surface area contributed by atoms with Crippen LogP contribution in [0.4, 0.5) is 0 Å². The topological polar surface area (TPSA) is 24.5 Å². The Balaban J connectivity index is 1.71. The molecule has 1 aliphatic heterocycles. The van der Waals surface area contributed by atoms with Crippen molar-refractivity contribution in [2.45, 2.75) is 71.1 Å². The van der Waals surface area contributed by atoms with Gasteiger partial charge in [0.05, 0.1) is 12.2 Å². The summed E-state index contributed by atoms with van der Waals surface area (Å²) in [4.78, 5) is 2.61. The second-order valence-corrected chi connectivity index (χ2v) is 6.56. The first-order chi connectivity index (χ1) is 9.19. The predicted molar refractivity (Wildman–Crippen MR) is 80.5 cm³/mol. The van der Waals surface area contributed by atoms with E-state index in [9.17, 15) is 0 Å². The van der Waals surface area contributed by atoms with Crippen LogP contribution < -0.4 is 5.32 Å². The van der Waals surface area contributed by atoms with Crippen molar-refractivity contribution in [2.75, 3.05) is 26.2 Å². The average molecular weight is 268 g/mol. The zero-order valence-electron chi connectivity index (χ0n) is 13.0. The summed E-state index contributed by atoms with van der Waals surface area (Å²) in [6.45, 7) is 11.3. The van der Waals surface area contributed by atoms with Gasteiger partial charge in [0.15, 0.2) is 0 Å². The van der Waals surface area contributed by atoms with Crippen molar-refractivity contribution < 1.29 is 4.74 Å². The minimum Gasteiger partial charge on any atom is -0.373 e. The van der Waals surface area contributed by atoms with Gasteiger partial charge in [0.25, 0.3) is 0 Å². The van der Waals surface area contributed by atoms with E-state index >= 15 is 0 Å². The molecule has 1 N–H and O–H groups in total. The van der Waals surface area contributed by atoms with Crippen molar-refractivity contribution in [3.05, 3.63) is 0 Å². The van der Waals surface area contributed by atoms with Crippen molar-refractivity contribution in [3.8, 4) is 0 Å². The van der Waals surface area contributed by atoms with Crippen molar-refractivity contribution in [1.29, 1.82) is 0 Å². The second kappa shape index (κ2) is 7.61. The van der Waals surface area contributed by atoms with E-state index in [1.807, 2.05) is 0 Å². The molecule has 0 bridgehead atoms. The van der Waals surface area contributed by atoms with Crippen LogP contribution >= 0.6 is 0 Å². The van der Waals surface area contributed by atoms with E-state index in [0.29, 0.717) is 12.2 Å². The lowest BCUT2D eigenvalue weighted by Gasteiger charge is -2.36. The van der Waals surface area contributed by atoms with Gasteiger partial charge in [0.2, 0.25) is 0 Å². The zero-order chi connectivity index (χ0) is 13.7. The summed E-state index contributed by atoms with van der Waals surface area (Å²) in [7, 11) is 0. The molecule has 0 amide bonds. The first kappa shape index (κ1) is 15.3. The highest BCUT2D eigenvalue weighted by atomic mass is 16.5. The first-order valence-electron chi connectivity index (χ1n) is 8.30. The number of rotatable bonds is 6. The van der Waals surface area contributed by atoms with Gasteiger partial charge in [-0.3, -0.25) is 4.90 Å². The average Bonchev–Trinajstić information content (AvgIpc) is 2.80. The maximum Gasteiger partial charge on any atom is 0.0678 e. The van der Waals surface area contributed by atoms with E-state index in [1.165, 1.54) is 45.2 Å². The molecular formula is C16H32N2O. The van der Waals surface area contributed by atoms with Gasteiger partial charge in [-0.2, -0.15) is 0 Å². The maximum absolute atomic E-state index is 5.81. The first-order valence-corrected chi connectivity index (χ1v) is 8.30. The molecule has 3 nitrogen and oxygen atoms in total. The Morgan fingerprint density at radius 3 is 2.58 bits per heavy atom. The molecule has 2 aliphatic rings. The largest absolute Gasteiger partial charge is 0.373 e. The molecule has 0 spiro atoms. The van der Waals surface area contributed by atoms with Crippen LogP contribution in [0, 0.1) is 5.92 Å². The lowest BCUT2D eigenvalue weighted by molar-refractivity contribution is -0.0690. The summed E-state index contributed by atoms with van der Waals surface area (Å²) in [5, 5.41) is 3.74. The number of ether oxygens (including phenoxy) is 1. The maximum atomic E-state index is 5.81. The summed E-state index contributed by atoms with van der Waals surface area (Å²) in [6.07, 6.45) is 7.66. The van der Waals surface area contributed by atoms with E-state index in [2.05, 4.69) is 31.0 Å². The third-order valence-corrected chi connectivity index (χ3v) is 4.63. The molecule has 0 radical (unpaired) electrons. The SMILES string of the molecule is CCCNC1CCCC1CCN1CC(C)OC(C)C1. The summed E-state index contributed by atoms with van der Waals surface area (Å²) in [5.41, 5.74) is 0. The summed E-state index contributed by atoms with van der Waals surface area (Å²) in [5.74, 6) is 0.903. The number of morpholine rings is 1. The second-order valence-electron chi connectivity index (χ2n) is 6.56. The lowest BCUT2D eigenvalue weighted by Crippen LogP contribution is -2.46. The van der Waals surface area contributed by atoms with Crippen molar-refractivity contribution in [2.24, 2.45) is 5.92 Å². The molecule has 1 heterocycles. The number of hydrogen-bond donors (Lipinski definition) is 1. The number of nitrogens with one attached hydrogen (secondary N) is 1. The Kier molecular flexibility index (Phi) is 6.11. The van der Waals surface area contributed by atoms with E-state index in [4.69, 9.17) is 4.74 Å². The molecule has 0 aromatic heterocycles. The van der Waals surface area contributed by atoms with E-state index in [-0.39, 0.29) is 0 Å². The molecule has 1 saturated heterocycles. The van der Waals surface area contributed by atoms with Crippen LogP contribution in [0.25, 0.3) is 0 Å². The van der Waals surface area contributed by atoms with Crippen LogP contribution in [0.1, 0.15) is 52.9 Å². The summed E-state index contributed by atoms with van der Waals surface area (Å²) in [6, 6.07) is 0.788. The normalized spacial score (nSPS) is 36.8.